The molecule has 0 unspecified atom stereocenters. The van der Waals surface area contributed by atoms with Crippen LogP contribution in [0.2, 0.25) is 0 Å². The molecule has 0 aromatic rings. The van der Waals surface area contributed by atoms with Crippen LogP contribution in [0.25, 0.3) is 0 Å². The molecule has 0 amide bonds. The van der Waals surface area contributed by atoms with Crippen molar-refractivity contribution in [1.82, 2.24) is 0 Å². The Balaban J connectivity index is 0.00000324. The monoisotopic (exact) mass is 484 g/mol. The molecular formula is C25H33NaO8. The second-order valence-corrected chi connectivity index (χ2v) is 10.9. The van der Waals surface area contributed by atoms with Crippen LogP contribution in [-0.4, -0.2) is 52.0 Å². The Morgan fingerprint density at radius 1 is 1.15 bits per heavy atom. The second-order valence-electron chi connectivity index (χ2n) is 10.9. The van der Waals surface area contributed by atoms with Gasteiger partial charge in [-0.05, 0) is 74.2 Å². The number of ether oxygens (including phenoxy) is 1. The maximum atomic E-state index is 13.1. The molecule has 3 saturated carbocycles. The molecule has 0 bridgehead atoms. The molecule has 4 aliphatic carbocycles. The molecule has 182 valence electrons. The van der Waals surface area contributed by atoms with Gasteiger partial charge in [0, 0.05) is 17.8 Å². The van der Waals surface area contributed by atoms with Crippen LogP contribution in [0.3, 0.4) is 0 Å². The maximum Gasteiger partial charge on any atom is 1.00 e. The number of esters is 1. The van der Waals surface area contributed by atoms with Crippen LogP contribution in [0, 0.1) is 28.6 Å². The average Bonchev–Trinajstić information content (AvgIpc) is 3.02. The van der Waals surface area contributed by atoms with Gasteiger partial charge in [-0.25, -0.2) is 0 Å². The molecule has 0 aromatic heterocycles. The van der Waals surface area contributed by atoms with Gasteiger partial charge in [-0.3, -0.25) is 14.4 Å². The van der Waals surface area contributed by atoms with Gasteiger partial charge in [-0.1, -0.05) is 19.4 Å². The summed E-state index contributed by atoms with van der Waals surface area (Å²) in [5, 5.41) is 33.4. The van der Waals surface area contributed by atoms with Crippen molar-refractivity contribution < 1.29 is 68.8 Å². The maximum absolute atomic E-state index is 13.1. The third kappa shape index (κ3) is 4.34. The van der Waals surface area contributed by atoms with Gasteiger partial charge in [0.2, 0.25) is 5.78 Å². The van der Waals surface area contributed by atoms with Crippen LogP contribution in [-0.2, 0) is 23.9 Å². The summed E-state index contributed by atoms with van der Waals surface area (Å²) < 4.78 is 4.95. The molecule has 3 fully saturated rings. The summed E-state index contributed by atoms with van der Waals surface area (Å²) in [5.74, 6) is -2.53. The summed E-state index contributed by atoms with van der Waals surface area (Å²) >= 11 is 0. The number of rotatable bonds is 6. The van der Waals surface area contributed by atoms with Crippen molar-refractivity contribution >= 4 is 23.5 Å². The first kappa shape index (κ1) is 27.5. The number of aliphatic carboxylic acids is 1. The summed E-state index contributed by atoms with van der Waals surface area (Å²) in [4.78, 5) is 47.3. The Labute approximate surface area is 221 Å². The minimum absolute atomic E-state index is 0. The first-order chi connectivity index (χ1) is 15.4. The number of carboxylic acids is 1. The van der Waals surface area contributed by atoms with Crippen LogP contribution in [0.4, 0.5) is 0 Å². The SMILES string of the molecule is C[C@]12CCC(=O)C=C1CC[C@@H]1[C@@H]2[C@@H](O)C[C@@]2(C)[C@H]1CC[C@@]2(O)C(=O)COC(=O)CCC(=O)[O-].[Na+]. The van der Waals surface area contributed by atoms with E-state index in [0.717, 1.165) is 18.4 Å². The van der Waals surface area contributed by atoms with Crippen molar-refractivity contribution in [2.24, 2.45) is 28.6 Å². The van der Waals surface area contributed by atoms with E-state index in [4.69, 9.17) is 4.74 Å². The van der Waals surface area contributed by atoms with E-state index in [2.05, 4.69) is 6.92 Å². The molecule has 0 saturated heterocycles. The van der Waals surface area contributed by atoms with Crippen LogP contribution < -0.4 is 34.7 Å². The molecule has 4 aliphatic rings. The van der Waals surface area contributed by atoms with E-state index >= 15 is 0 Å². The van der Waals surface area contributed by atoms with Crippen molar-refractivity contribution in [1.29, 1.82) is 0 Å². The molecule has 34 heavy (non-hydrogen) atoms. The van der Waals surface area contributed by atoms with Crippen molar-refractivity contribution in [2.45, 2.75) is 83.3 Å². The molecule has 0 aromatic carbocycles. The van der Waals surface area contributed by atoms with E-state index < -0.39 is 54.3 Å². The molecule has 9 heteroatoms. The number of hydrogen-bond acceptors (Lipinski definition) is 8. The number of aliphatic hydroxyl groups is 2. The Kier molecular flexibility index (Phi) is 7.91. The van der Waals surface area contributed by atoms with Crippen LogP contribution in [0.1, 0.15) is 71.6 Å². The second kappa shape index (κ2) is 9.77. The first-order valence-electron chi connectivity index (χ1n) is 12.0. The van der Waals surface area contributed by atoms with E-state index in [9.17, 15) is 34.5 Å². The van der Waals surface area contributed by atoms with Crippen LogP contribution in [0.5, 0.6) is 0 Å². The van der Waals surface area contributed by atoms with Crippen molar-refractivity contribution in [3.05, 3.63) is 11.6 Å². The van der Waals surface area contributed by atoms with Gasteiger partial charge in [0.05, 0.1) is 12.5 Å². The number of aliphatic hydroxyl groups excluding tert-OH is 1. The van der Waals surface area contributed by atoms with Crippen LogP contribution in [0.15, 0.2) is 11.6 Å². The van der Waals surface area contributed by atoms with E-state index in [0.29, 0.717) is 19.3 Å². The fraction of sp³-hybridized carbons (Fsp3) is 0.760. The van der Waals surface area contributed by atoms with Gasteiger partial charge < -0.3 is 24.9 Å². The van der Waals surface area contributed by atoms with Gasteiger partial charge in [0.25, 0.3) is 0 Å². The third-order valence-corrected chi connectivity index (χ3v) is 9.41. The predicted octanol–water partition coefficient (Wildman–Crippen LogP) is -2.13. The molecule has 0 radical (unpaired) electrons. The minimum Gasteiger partial charge on any atom is -0.550 e. The summed E-state index contributed by atoms with van der Waals surface area (Å²) in [7, 11) is 0. The Morgan fingerprint density at radius 3 is 2.53 bits per heavy atom. The zero-order valence-corrected chi connectivity index (χ0v) is 22.3. The number of carbonyl (C=O) groups is 4. The van der Waals surface area contributed by atoms with Gasteiger partial charge in [-0.15, -0.1) is 0 Å². The molecule has 7 atom stereocenters. The van der Waals surface area contributed by atoms with Crippen molar-refractivity contribution in [3.8, 4) is 0 Å². The molecule has 0 heterocycles. The number of fused-ring (bicyclic) bond motifs is 5. The van der Waals surface area contributed by atoms with E-state index in [1.54, 1.807) is 6.08 Å². The first-order valence-corrected chi connectivity index (χ1v) is 12.0. The van der Waals surface area contributed by atoms with E-state index in [1.807, 2.05) is 6.92 Å². The van der Waals surface area contributed by atoms with Gasteiger partial charge in [0.1, 0.15) is 5.60 Å². The Morgan fingerprint density at radius 2 is 1.85 bits per heavy atom. The van der Waals surface area contributed by atoms with Gasteiger partial charge in [0.15, 0.2) is 12.4 Å². The molecule has 4 rings (SSSR count). The standard InChI is InChI=1S/C25H34O8.Na/c1-23-9-7-15(26)11-14(23)3-4-16-17-8-10-25(32,24(17,2)12-18(27)22(16)23)19(28)13-33-21(31)6-5-20(29)30;/h11,16-18,22,27,32H,3-10,12-13H2,1-2H3,(H,29,30);/q;+1/p-1/t16-,17-,18-,22+,23-,24-,25+;/m0./s1. The topological polar surface area (TPSA) is 141 Å². The van der Waals surface area contributed by atoms with Crippen LogP contribution >= 0.6 is 0 Å². The zero-order chi connectivity index (χ0) is 24.2. The number of ketones is 2. The molecule has 2 N–H and O–H groups in total. The summed E-state index contributed by atoms with van der Waals surface area (Å²) in [5.41, 5.74) is -1.71. The fourth-order valence-corrected chi connectivity index (χ4v) is 7.69. The zero-order valence-electron chi connectivity index (χ0n) is 20.3. The summed E-state index contributed by atoms with van der Waals surface area (Å²) in [6.45, 7) is 3.38. The van der Waals surface area contributed by atoms with Gasteiger partial charge >= 0.3 is 35.5 Å². The molecular weight excluding hydrogens is 451 g/mol. The number of hydrogen-bond donors (Lipinski definition) is 2. The quantitative estimate of drug-likeness (QED) is 0.322. The van der Waals surface area contributed by atoms with E-state index in [1.165, 1.54) is 0 Å². The summed E-state index contributed by atoms with van der Waals surface area (Å²) in [6, 6.07) is 0. The fourth-order valence-electron chi connectivity index (χ4n) is 7.69. The van der Waals surface area contributed by atoms with Crippen molar-refractivity contribution in [3.63, 3.8) is 0 Å². The smallest absolute Gasteiger partial charge is 0.550 e. The average molecular weight is 485 g/mol. The number of allylic oxidation sites excluding steroid dienone is 1. The largest absolute Gasteiger partial charge is 1.00 e. The molecule has 0 spiro atoms. The van der Waals surface area contributed by atoms with Gasteiger partial charge in [-0.2, -0.15) is 0 Å². The Hall–Kier alpha value is -1.06. The van der Waals surface area contributed by atoms with E-state index in [-0.39, 0.29) is 71.4 Å². The summed E-state index contributed by atoms with van der Waals surface area (Å²) in [6.07, 6.45) is 4.07. The molecule has 8 nitrogen and oxygen atoms in total. The minimum atomic E-state index is -1.72. The Bertz CT molecular complexity index is 915. The third-order valence-electron chi connectivity index (χ3n) is 9.41. The van der Waals surface area contributed by atoms with Crippen molar-refractivity contribution in [2.75, 3.05) is 6.61 Å². The molecule has 0 aliphatic heterocycles. The number of carbonyl (C=O) groups excluding carboxylic acids is 4. The predicted molar refractivity (Wildman–Crippen MR) is 113 cm³/mol. The normalized spacial score (nSPS) is 40.7. The number of Topliss-reactive ketones (excluding diaryl/α,β-unsaturated/α-hetero) is 1. The number of carboxylic acid groups (broad SMARTS) is 1.